The SMILES string of the molecule is CCOC(=O)NOc1ccc(C)c2nc(-c3cc(C)cc4nc(OC(F)F)cnc34)sc12. The molecule has 0 aliphatic rings. The van der Waals surface area contributed by atoms with Gasteiger partial charge in [0.2, 0.25) is 5.88 Å². The van der Waals surface area contributed by atoms with E-state index >= 15 is 0 Å². The molecule has 0 aliphatic carbocycles. The second kappa shape index (κ2) is 8.87. The van der Waals surface area contributed by atoms with Gasteiger partial charge >= 0.3 is 12.7 Å². The number of hydrogen-bond donors (Lipinski definition) is 1. The molecule has 0 saturated carbocycles. The van der Waals surface area contributed by atoms with Crippen LogP contribution in [0.3, 0.4) is 0 Å². The van der Waals surface area contributed by atoms with Gasteiger partial charge in [-0.3, -0.25) is 0 Å². The van der Waals surface area contributed by atoms with Crippen LogP contribution in [0, 0.1) is 13.8 Å². The Bertz CT molecular complexity index is 1310. The largest absolute Gasteiger partial charge is 0.448 e. The molecule has 1 N–H and O–H groups in total. The van der Waals surface area contributed by atoms with Gasteiger partial charge < -0.3 is 14.3 Å². The van der Waals surface area contributed by atoms with E-state index in [1.54, 1.807) is 19.1 Å². The zero-order valence-corrected chi connectivity index (χ0v) is 18.1. The lowest BCUT2D eigenvalue weighted by Gasteiger charge is -2.08. The summed E-state index contributed by atoms with van der Waals surface area (Å²) in [4.78, 5) is 30.2. The Morgan fingerprint density at radius 3 is 2.75 bits per heavy atom. The van der Waals surface area contributed by atoms with Gasteiger partial charge in [0.05, 0.1) is 29.4 Å². The van der Waals surface area contributed by atoms with Crippen molar-refractivity contribution in [3.63, 3.8) is 0 Å². The molecule has 0 spiro atoms. The number of aryl methyl sites for hydroxylation is 2. The molecule has 0 bridgehead atoms. The molecule has 0 fully saturated rings. The molecule has 0 radical (unpaired) electrons. The van der Waals surface area contributed by atoms with Crippen molar-refractivity contribution in [2.45, 2.75) is 27.4 Å². The predicted molar refractivity (Wildman–Crippen MR) is 115 cm³/mol. The highest BCUT2D eigenvalue weighted by atomic mass is 32.1. The van der Waals surface area contributed by atoms with E-state index in [1.165, 1.54) is 11.3 Å². The molecule has 11 heteroatoms. The maximum atomic E-state index is 12.5. The highest BCUT2D eigenvalue weighted by Gasteiger charge is 2.18. The third-order valence-electron chi connectivity index (χ3n) is 4.44. The fourth-order valence-electron chi connectivity index (χ4n) is 3.12. The number of halogens is 2. The summed E-state index contributed by atoms with van der Waals surface area (Å²) >= 11 is 1.35. The van der Waals surface area contributed by atoms with Crippen LogP contribution in [0.5, 0.6) is 11.6 Å². The lowest BCUT2D eigenvalue weighted by atomic mass is 10.1. The first-order valence-corrected chi connectivity index (χ1v) is 10.4. The third-order valence-corrected chi connectivity index (χ3v) is 5.54. The van der Waals surface area contributed by atoms with Crippen LogP contribution in [-0.4, -0.2) is 34.3 Å². The van der Waals surface area contributed by atoms with Crippen LogP contribution < -0.4 is 15.1 Å². The molecule has 4 rings (SSSR count). The number of amides is 1. The van der Waals surface area contributed by atoms with E-state index in [4.69, 9.17) is 14.6 Å². The van der Waals surface area contributed by atoms with Crippen LogP contribution in [-0.2, 0) is 4.74 Å². The maximum absolute atomic E-state index is 12.5. The maximum Gasteiger partial charge on any atom is 0.440 e. The second-order valence-corrected chi connectivity index (χ2v) is 7.77. The van der Waals surface area contributed by atoms with Gasteiger partial charge in [0.25, 0.3) is 0 Å². The number of benzene rings is 2. The minimum atomic E-state index is -2.99. The molecular formula is C21H18F2N4O4S. The van der Waals surface area contributed by atoms with Crippen molar-refractivity contribution in [3.8, 4) is 22.2 Å². The van der Waals surface area contributed by atoms with Crippen molar-refractivity contribution in [1.82, 2.24) is 20.4 Å². The van der Waals surface area contributed by atoms with Crippen molar-refractivity contribution >= 4 is 38.7 Å². The van der Waals surface area contributed by atoms with E-state index in [0.29, 0.717) is 32.9 Å². The summed E-state index contributed by atoms with van der Waals surface area (Å²) in [7, 11) is 0. The third kappa shape index (κ3) is 4.37. The summed E-state index contributed by atoms with van der Waals surface area (Å²) < 4.78 is 35.0. The minimum Gasteiger partial charge on any atom is -0.448 e. The Hall–Kier alpha value is -3.60. The van der Waals surface area contributed by atoms with Crippen LogP contribution in [0.1, 0.15) is 18.1 Å². The van der Waals surface area contributed by atoms with Gasteiger partial charge in [-0.2, -0.15) is 14.3 Å². The van der Waals surface area contributed by atoms with Gasteiger partial charge in [0, 0.05) is 5.56 Å². The fourth-order valence-corrected chi connectivity index (χ4v) is 4.23. The molecule has 0 unspecified atom stereocenters. The van der Waals surface area contributed by atoms with Gasteiger partial charge in [-0.1, -0.05) is 6.07 Å². The fraction of sp³-hybridized carbons (Fsp3) is 0.238. The molecular weight excluding hydrogens is 442 g/mol. The number of aromatic nitrogens is 3. The smallest absolute Gasteiger partial charge is 0.440 e. The highest BCUT2D eigenvalue weighted by molar-refractivity contribution is 7.22. The summed E-state index contributed by atoms with van der Waals surface area (Å²) in [5.41, 5.74) is 6.32. The molecule has 2 heterocycles. The van der Waals surface area contributed by atoms with E-state index in [-0.39, 0.29) is 12.5 Å². The first-order valence-electron chi connectivity index (χ1n) is 9.58. The summed E-state index contributed by atoms with van der Waals surface area (Å²) in [6.07, 6.45) is 0.455. The van der Waals surface area contributed by atoms with E-state index in [9.17, 15) is 13.6 Å². The van der Waals surface area contributed by atoms with Crippen molar-refractivity contribution in [3.05, 3.63) is 41.6 Å². The Morgan fingerprint density at radius 1 is 1.19 bits per heavy atom. The van der Waals surface area contributed by atoms with Gasteiger partial charge in [0.1, 0.15) is 9.71 Å². The number of nitrogens with one attached hydrogen (secondary N) is 1. The number of thiazole rings is 1. The molecule has 32 heavy (non-hydrogen) atoms. The Balaban J connectivity index is 1.78. The van der Waals surface area contributed by atoms with E-state index in [2.05, 4.69) is 20.2 Å². The van der Waals surface area contributed by atoms with Crippen LogP contribution >= 0.6 is 11.3 Å². The van der Waals surface area contributed by atoms with Crippen LogP contribution in [0.4, 0.5) is 13.6 Å². The van der Waals surface area contributed by atoms with Gasteiger partial charge in [-0.25, -0.2) is 19.7 Å². The summed E-state index contributed by atoms with van der Waals surface area (Å²) in [5.74, 6) is 0.156. The van der Waals surface area contributed by atoms with E-state index < -0.39 is 12.7 Å². The van der Waals surface area contributed by atoms with Crippen molar-refractivity contribution in [1.29, 1.82) is 0 Å². The number of fused-ring (bicyclic) bond motifs is 2. The van der Waals surface area contributed by atoms with Crippen molar-refractivity contribution in [2.24, 2.45) is 0 Å². The van der Waals surface area contributed by atoms with E-state index in [1.807, 2.05) is 26.0 Å². The molecule has 2 aromatic heterocycles. The highest BCUT2D eigenvalue weighted by Crippen LogP contribution is 2.39. The average Bonchev–Trinajstić information content (AvgIpc) is 3.18. The second-order valence-electron chi connectivity index (χ2n) is 6.77. The van der Waals surface area contributed by atoms with Gasteiger partial charge in [0.15, 0.2) is 5.75 Å². The molecule has 8 nitrogen and oxygen atoms in total. The standard InChI is InChI=1S/C21H18F2N4O4S/c1-4-29-21(28)27-31-14-6-5-11(3)16-18(14)32-19(26-16)12-7-10(2)8-13-17(12)24-9-15(25-13)30-20(22)23/h5-9,20H,4H2,1-3H3,(H,27,28). The molecule has 0 atom stereocenters. The number of alkyl halides is 2. The molecule has 2 aromatic carbocycles. The van der Waals surface area contributed by atoms with Gasteiger partial charge in [-0.05, 0) is 50.1 Å². The number of ether oxygens (including phenoxy) is 2. The molecule has 4 aromatic rings. The topological polar surface area (TPSA) is 95.5 Å². The number of nitrogens with zero attached hydrogens (tertiary/aromatic N) is 3. The Kier molecular flexibility index (Phi) is 5.99. The number of carbonyl (C=O) groups excluding carboxylic acids is 1. The normalized spacial score (nSPS) is 11.2. The Morgan fingerprint density at radius 2 is 2.00 bits per heavy atom. The minimum absolute atomic E-state index is 0.217. The predicted octanol–water partition coefficient (Wildman–Crippen LogP) is 5.16. The first kappa shape index (κ1) is 21.6. The van der Waals surface area contributed by atoms with E-state index in [0.717, 1.165) is 22.0 Å². The number of rotatable bonds is 6. The number of hydroxylamine groups is 1. The average molecular weight is 460 g/mol. The lowest BCUT2D eigenvalue weighted by molar-refractivity contribution is -0.0528. The first-order chi connectivity index (χ1) is 15.4. The molecule has 166 valence electrons. The van der Waals surface area contributed by atoms with Gasteiger partial charge in [-0.15, -0.1) is 11.3 Å². The summed E-state index contributed by atoms with van der Waals surface area (Å²) in [6.45, 7) is 2.70. The quantitative estimate of drug-likeness (QED) is 0.397. The monoisotopic (exact) mass is 460 g/mol. The van der Waals surface area contributed by atoms with Crippen LogP contribution in [0.25, 0.3) is 31.8 Å². The van der Waals surface area contributed by atoms with Crippen molar-refractivity contribution < 1.29 is 27.9 Å². The summed E-state index contributed by atoms with van der Waals surface area (Å²) in [6, 6.07) is 7.19. The number of carbonyl (C=O) groups is 1. The van der Waals surface area contributed by atoms with Crippen LogP contribution in [0.15, 0.2) is 30.5 Å². The van der Waals surface area contributed by atoms with Crippen molar-refractivity contribution in [2.75, 3.05) is 6.61 Å². The lowest BCUT2D eigenvalue weighted by Crippen LogP contribution is -2.27. The molecule has 0 saturated heterocycles. The molecule has 1 amide bonds. The number of hydrogen-bond acceptors (Lipinski definition) is 8. The molecule has 0 aliphatic heterocycles. The zero-order chi connectivity index (χ0) is 22.8. The zero-order valence-electron chi connectivity index (χ0n) is 17.3. The summed E-state index contributed by atoms with van der Waals surface area (Å²) in [5, 5.41) is 0.640. The Labute approximate surface area is 185 Å². The van der Waals surface area contributed by atoms with Crippen LogP contribution in [0.2, 0.25) is 0 Å².